The minimum absolute atomic E-state index is 0.320. The van der Waals surface area contributed by atoms with Crippen molar-refractivity contribution in [2.45, 2.75) is 40.7 Å². The van der Waals surface area contributed by atoms with Crippen LogP contribution in [0.3, 0.4) is 0 Å². The summed E-state index contributed by atoms with van der Waals surface area (Å²) in [6.07, 6.45) is 0. The molecule has 2 nitrogen and oxygen atoms in total. The lowest BCUT2D eigenvalue weighted by atomic mass is 10.1. The lowest BCUT2D eigenvalue weighted by Gasteiger charge is -2.20. The largest absolute Gasteiger partial charge is 0.507 e. The van der Waals surface area contributed by atoms with Crippen LogP contribution in [0.5, 0.6) is 5.75 Å². The topological polar surface area (TPSA) is 32.3 Å². The quantitative estimate of drug-likeness (QED) is 0.826. The van der Waals surface area contributed by atoms with Crippen LogP contribution < -0.4 is 15.9 Å². The maximum absolute atomic E-state index is 10.4. The van der Waals surface area contributed by atoms with Crippen molar-refractivity contribution in [1.29, 1.82) is 0 Å². The number of hydrogen-bond donors (Lipinski definition) is 2. The highest BCUT2D eigenvalue weighted by Gasteiger charge is 2.14. The zero-order chi connectivity index (χ0) is 16.3. The molecule has 0 aromatic heterocycles. The molecule has 0 radical (unpaired) electrons. The van der Waals surface area contributed by atoms with Crippen molar-refractivity contribution in [2.24, 2.45) is 0 Å². The maximum atomic E-state index is 10.4. The Kier molecular flexibility index (Phi) is 5.61. The summed E-state index contributed by atoms with van der Waals surface area (Å²) in [4.78, 5) is 0. The van der Waals surface area contributed by atoms with E-state index in [1.54, 1.807) is 0 Å². The minimum atomic E-state index is 0.320. The second-order valence-electron chi connectivity index (χ2n) is 5.92. The van der Waals surface area contributed by atoms with Crippen molar-refractivity contribution in [1.82, 2.24) is 5.32 Å². The Morgan fingerprint density at radius 2 is 1.86 bits per heavy atom. The van der Waals surface area contributed by atoms with Gasteiger partial charge in [-0.15, -0.1) is 0 Å². The molecule has 0 fully saturated rings. The molecule has 0 saturated carbocycles. The van der Waals surface area contributed by atoms with Gasteiger partial charge in [0.25, 0.3) is 0 Å². The Labute approximate surface area is 135 Å². The van der Waals surface area contributed by atoms with Gasteiger partial charge in [0.2, 0.25) is 0 Å². The fourth-order valence-corrected chi connectivity index (χ4v) is 4.44. The van der Waals surface area contributed by atoms with Crippen molar-refractivity contribution < 1.29 is 5.11 Å². The van der Waals surface area contributed by atoms with Gasteiger partial charge in [-0.25, -0.2) is 0 Å². The molecule has 3 heteroatoms. The maximum Gasteiger partial charge on any atom is 0.126 e. The highest BCUT2D eigenvalue weighted by Crippen LogP contribution is 2.27. The number of rotatable bonds is 5. The van der Waals surface area contributed by atoms with Gasteiger partial charge in [-0.05, 0) is 67.9 Å². The first-order chi connectivity index (χ1) is 10.4. The third kappa shape index (κ3) is 3.69. The molecule has 0 saturated heterocycles. The van der Waals surface area contributed by atoms with Crippen LogP contribution in [0.15, 0.2) is 30.3 Å². The van der Waals surface area contributed by atoms with Crippen LogP contribution in [0.25, 0.3) is 0 Å². The Morgan fingerprint density at radius 1 is 1.14 bits per heavy atom. The van der Waals surface area contributed by atoms with Crippen molar-refractivity contribution in [2.75, 3.05) is 6.54 Å². The highest BCUT2D eigenvalue weighted by atomic mass is 31.1. The average molecular weight is 315 g/mol. The monoisotopic (exact) mass is 315 g/mol. The lowest BCUT2D eigenvalue weighted by molar-refractivity contribution is 0.475. The first-order valence-corrected chi connectivity index (χ1v) is 8.84. The van der Waals surface area contributed by atoms with Crippen molar-refractivity contribution in [3.8, 4) is 5.75 Å². The van der Waals surface area contributed by atoms with E-state index in [2.05, 4.69) is 57.3 Å². The van der Waals surface area contributed by atoms with Crippen LogP contribution in [0, 0.1) is 20.8 Å². The molecule has 2 rings (SSSR count). The van der Waals surface area contributed by atoms with Crippen molar-refractivity contribution >= 4 is 19.2 Å². The van der Waals surface area contributed by atoms with E-state index in [9.17, 15) is 5.11 Å². The Bertz CT molecular complexity index is 667. The fraction of sp³-hybridized carbons (Fsp3) is 0.368. The summed E-state index contributed by atoms with van der Waals surface area (Å²) < 4.78 is 0. The standard InChI is InChI=1S/C19H26NOP/c1-6-20-15(5)16-9-7-8-13(3)19(16)22-17-11-12(2)10-14(4)18(17)21/h7-11,15,20-22H,6H2,1-5H3. The molecule has 0 heterocycles. The molecule has 118 valence electrons. The number of benzene rings is 2. The third-order valence-electron chi connectivity index (χ3n) is 3.99. The Morgan fingerprint density at radius 3 is 2.55 bits per heavy atom. The molecule has 0 aliphatic rings. The number of hydrogen-bond acceptors (Lipinski definition) is 2. The molecule has 2 atom stereocenters. The van der Waals surface area contributed by atoms with Crippen LogP contribution in [0.2, 0.25) is 0 Å². The first-order valence-electron chi connectivity index (χ1n) is 7.84. The van der Waals surface area contributed by atoms with Gasteiger partial charge < -0.3 is 10.4 Å². The molecule has 22 heavy (non-hydrogen) atoms. The van der Waals surface area contributed by atoms with E-state index in [0.717, 1.165) is 17.4 Å². The second-order valence-corrected chi connectivity index (χ2v) is 7.21. The average Bonchev–Trinajstić information content (AvgIpc) is 2.46. The molecule has 2 N–H and O–H groups in total. The van der Waals surface area contributed by atoms with Crippen LogP contribution in [-0.2, 0) is 0 Å². The van der Waals surface area contributed by atoms with E-state index < -0.39 is 0 Å². The highest BCUT2D eigenvalue weighted by molar-refractivity contribution is 7.56. The Balaban J connectivity index is 2.45. The third-order valence-corrected chi connectivity index (χ3v) is 5.57. The van der Waals surface area contributed by atoms with Gasteiger partial charge in [0.15, 0.2) is 0 Å². The molecule has 0 aliphatic carbocycles. The molecule has 0 amide bonds. The first kappa shape index (κ1) is 17.0. The van der Waals surface area contributed by atoms with E-state index in [-0.39, 0.29) is 0 Å². The molecule has 0 aliphatic heterocycles. The molecule has 2 aromatic carbocycles. The SMILES string of the molecule is CCNC(C)c1cccc(C)c1Pc1cc(C)cc(C)c1O. The van der Waals surface area contributed by atoms with Gasteiger partial charge in [-0.2, -0.15) is 0 Å². The number of phenolic OH excluding ortho intramolecular Hbond substituents is 1. The van der Waals surface area contributed by atoms with Gasteiger partial charge in [-0.3, -0.25) is 0 Å². The number of aromatic hydroxyl groups is 1. The molecule has 2 aromatic rings. The van der Waals surface area contributed by atoms with E-state index in [1.165, 1.54) is 22.0 Å². The van der Waals surface area contributed by atoms with Crippen LogP contribution >= 0.6 is 8.58 Å². The normalized spacial score (nSPS) is 13.0. The summed E-state index contributed by atoms with van der Waals surface area (Å²) in [5.41, 5.74) is 4.78. The van der Waals surface area contributed by atoms with Gasteiger partial charge in [-0.1, -0.05) is 39.8 Å². The zero-order valence-corrected chi connectivity index (χ0v) is 15.1. The van der Waals surface area contributed by atoms with Crippen LogP contribution in [-0.4, -0.2) is 11.7 Å². The van der Waals surface area contributed by atoms with Crippen LogP contribution in [0.1, 0.15) is 42.1 Å². The smallest absolute Gasteiger partial charge is 0.126 e. The van der Waals surface area contributed by atoms with Gasteiger partial charge in [0.05, 0.1) is 0 Å². The fourth-order valence-electron chi connectivity index (χ4n) is 2.83. The predicted octanol–water partition coefficient (Wildman–Crippen LogP) is 3.62. The molecular weight excluding hydrogens is 289 g/mol. The summed E-state index contributed by atoms with van der Waals surface area (Å²) in [6.45, 7) is 11.5. The van der Waals surface area contributed by atoms with Crippen LogP contribution in [0.4, 0.5) is 0 Å². The van der Waals surface area contributed by atoms with Crippen molar-refractivity contribution in [3.63, 3.8) is 0 Å². The van der Waals surface area contributed by atoms with E-state index in [0.29, 0.717) is 20.4 Å². The summed E-state index contributed by atoms with van der Waals surface area (Å²) in [5, 5.41) is 16.3. The molecule has 0 spiro atoms. The van der Waals surface area contributed by atoms with E-state index in [1.807, 2.05) is 13.0 Å². The number of aryl methyl sites for hydroxylation is 3. The number of phenols is 1. The summed E-state index contributed by atoms with van der Waals surface area (Å²) in [5.74, 6) is 0.439. The minimum Gasteiger partial charge on any atom is -0.507 e. The van der Waals surface area contributed by atoms with E-state index >= 15 is 0 Å². The molecule has 2 unspecified atom stereocenters. The molecule has 0 bridgehead atoms. The van der Waals surface area contributed by atoms with Gasteiger partial charge in [0.1, 0.15) is 5.75 Å². The van der Waals surface area contributed by atoms with Gasteiger partial charge in [0, 0.05) is 11.3 Å². The lowest BCUT2D eigenvalue weighted by Crippen LogP contribution is -2.24. The zero-order valence-electron chi connectivity index (χ0n) is 14.1. The summed E-state index contributed by atoms with van der Waals surface area (Å²) in [7, 11) is 0.473. The summed E-state index contributed by atoms with van der Waals surface area (Å²) >= 11 is 0. The summed E-state index contributed by atoms with van der Waals surface area (Å²) in [6, 6.07) is 10.9. The molecular formula is C19H26NOP. The predicted molar refractivity (Wildman–Crippen MR) is 98.4 cm³/mol. The number of nitrogens with one attached hydrogen (secondary N) is 1. The Hall–Kier alpha value is -1.37. The van der Waals surface area contributed by atoms with E-state index in [4.69, 9.17) is 0 Å². The van der Waals surface area contributed by atoms with Gasteiger partial charge >= 0.3 is 0 Å². The second kappa shape index (κ2) is 7.26. The van der Waals surface area contributed by atoms with Crippen molar-refractivity contribution in [3.05, 3.63) is 52.6 Å².